The number of nitrogens with one attached hydrogen (secondary N) is 1. The molecule has 2 heterocycles. The molecule has 0 spiro atoms. The Kier molecular flexibility index (Phi) is 4.96. The van der Waals surface area contributed by atoms with Crippen molar-refractivity contribution in [3.63, 3.8) is 0 Å². The van der Waals surface area contributed by atoms with E-state index in [4.69, 9.17) is 10.5 Å². The molecule has 5 nitrogen and oxygen atoms in total. The molecule has 0 bridgehead atoms. The van der Waals surface area contributed by atoms with Gasteiger partial charge in [-0.3, -0.25) is 4.98 Å². The van der Waals surface area contributed by atoms with Gasteiger partial charge in [-0.15, -0.1) is 0 Å². The predicted molar refractivity (Wildman–Crippen MR) is 112 cm³/mol. The molecule has 0 saturated heterocycles. The van der Waals surface area contributed by atoms with Gasteiger partial charge in [0, 0.05) is 28.0 Å². The lowest BCUT2D eigenvalue weighted by Gasteiger charge is -2.11. The highest BCUT2D eigenvalue weighted by Crippen LogP contribution is 2.38. The van der Waals surface area contributed by atoms with Crippen LogP contribution in [0.2, 0.25) is 0 Å². The van der Waals surface area contributed by atoms with E-state index in [0.29, 0.717) is 12.1 Å². The van der Waals surface area contributed by atoms with Gasteiger partial charge in [0.25, 0.3) is 0 Å². The number of nitriles is 1. The largest absolute Gasteiger partial charge is 0.494 e. The number of hydrogen-bond acceptors (Lipinski definition) is 4. The summed E-state index contributed by atoms with van der Waals surface area (Å²) in [6.07, 6.45) is 4.64. The molecule has 5 heteroatoms. The molecule has 0 aliphatic carbocycles. The van der Waals surface area contributed by atoms with Crippen molar-refractivity contribution in [2.24, 2.45) is 5.73 Å². The smallest absolute Gasteiger partial charge is 0.145 e. The Morgan fingerprint density at radius 3 is 2.82 bits per heavy atom. The molecule has 0 atom stereocenters. The van der Waals surface area contributed by atoms with Crippen molar-refractivity contribution in [3.05, 3.63) is 59.8 Å². The van der Waals surface area contributed by atoms with Crippen LogP contribution in [0.4, 0.5) is 0 Å². The lowest BCUT2D eigenvalue weighted by Crippen LogP contribution is -1.99. The van der Waals surface area contributed by atoms with E-state index in [9.17, 15) is 5.26 Å². The van der Waals surface area contributed by atoms with Crippen molar-refractivity contribution in [1.29, 1.82) is 5.26 Å². The third-order valence-corrected chi connectivity index (χ3v) is 5.14. The maximum atomic E-state index is 9.33. The second-order valence-corrected chi connectivity index (χ2v) is 6.81. The fraction of sp³-hybridized carbons (Fsp3) is 0.217. The molecule has 2 aromatic carbocycles. The highest BCUT2D eigenvalue weighted by molar-refractivity contribution is 6.01. The molecule has 4 rings (SSSR count). The maximum Gasteiger partial charge on any atom is 0.145 e. The minimum atomic E-state index is 0.666. The third-order valence-electron chi connectivity index (χ3n) is 5.14. The number of fused-ring (bicyclic) bond motifs is 2. The van der Waals surface area contributed by atoms with Crippen LogP contribution < -0.4 is 10.5 Å². The van der Waals surface area contributed by atoms with E-state index in [1.54, 1.807) is 13.3 Å². The van der Waals surface area contributed by atoms with Crippen LogP contribution in [0.5, 0.6) is 5.75 Å². The van der Waals surface area contributed by atoms with Crippen molar-refractivity contribution in [1.82, 2.24) is 9.97 Å². The highest BCUT2D eigenvalue weighted by Gasteiger charge is 2.17. The highest BCUT2D eigenvalue weighted by atomic mass is 16.5. The van der Waals surface area contributed by atoms with Crippen LogP contribution in [0, 0.1) is 11.3 Å². The molecular weight excluding hydrogens is 348 g/mol. The number of benzene rings is 2. The average molecular weight is 370 g/mol. The quantitative estimate of drug-likeness (QED) is 0.488. The van der Waals surface area contributed by atoms with E-state index in [-0.39, 0.29) is 0 Å². The Morgan fingerprint density at radius 1 is 1.14 bits per heavy atom. The van der Waals surface area contributed by atoms with Crippen LogP contribution in [0.3, 0.4) is 0 Å². The second kappa shape index (κ2) is 7.71. The summed E-state index contributed by atoms with van der Waals surface area (Å²) in [6, 6.07) is 16.1. The Bertz CT molecular complexity index is 1190. The minimum absolute atomic E-state index is 0.666. The molecule has 4 aromatic rings. The molecule has 3 N–H and O–H groups in total. The number of aromatic amines is 1. The lowest BCUT2D eigenvalue weighted by atomic mass is 9.97. The van der Waals surface area contributed by atoms with Gasteiger partial charge >= 0.3 is 0 Å². The first kappa shape index (κ1) is 18.0. The number of aromatic nitrogens is 2. The minimum Gasteiger partial charge on any atom is -0.494 e. The van der Waals surface area contributed by atoms with Gasteiger partial charge in [0.1, 0.15) is 11.3 Å². The zero-order chi connectivity index (χ0) is 19.5. The van der Waals surface area contributed by atoms with Crippen molar-refractivity contribution in [3.8, 4) is 23.1 Å². The summed E-state index contributed by atoms with van der Waals surface area (Å²) < 4.78 is 5.49. The fourth-order valence-electron chi connectivity index (χ4n) is 3.78. The van der Waals surface area contributed by atoms with Crippen LogP contribution in [0.1, 0.15) is 24.0 Å². The number of nitrogens with zero attached hydrogens (tertiary/aromatic N) is 2. The average Bonchev–Trinajstić information content (AvgIpc) is 3.10. The summed E-state index contributed by atoms with van der Waals surface area (Å²) in [6.45, 7) is 0.677. The molecular formula is C23H22N4O. The zero-order valence-electron chi connectivity index (χ0n) is 15.8. The first-order valence-corrected chi connectivity index (χ1v) is 9.43. The molecule has 0 unspecified atom stereocenters. The first-order chi connectivity index (χ1) is 13.8. The van der Waals surface area contributed by atoms with Crippen LogP contribution in [-0.2, 0) is 6.42 Å². The molecule has 0 fully saturated rings. The molecule has 0 amide bonds. The van der Waals surface area contributed by atoms with Gasteiger partial charge in [0.2, 0.25) is 0 Å². The Morgan fingerprint density at radius 2 is 2.04 bits per heavy atom. The van der Waals surface area contributed by atoms with Gasteiger partial charge in [0.05, 0.1) is 24.4 Å². The molecule has 140 valence electrons. The van der Waals surface area contributed by atoms with Gasteiger partial charge in [0.15, 0.2) is 0 Å². The molecule has 0 saturated carbocycles. The van der Waals surface area contributed by atoms with E-state index in [1.807, 2.05) is 30.3 Å². The number of ether oxygens (including phenoxy) is 1. The van der Waals surface area contributed by atoms with E-state index < -0.39 is 0 Å². The monoisotopic (exact) mass is 370 g/mol. The van der Waals surface area contributed by atoms with Gasteiger partial charge in [-0.25, -0.2) is 0 Å². The zero-order valence-corrected chi connectivity index (χ0v) is 15.8. The number of aryl methyl sites for hydroxylation is 1. The third kappa shape index (κ3) is 3.08. The topological polar surface area (TPSA) is 87.7 Å². The number of nitrogens with two attached hydrogens (primary N) is 1. The van der Waals surface area contributed by atoms with E-state index >= 15 is 0 Å². The van der Waals surface area contributed by atoms with E-state index in [0.717, 1.165) is 58.1 Å². The van der Waals surface area contributed by atoms with Crippen molar-refractivity contribution >= 4 is 21.8 Å². The molecule has 0 radical (unpaired) electrons. The summed E-state index contributed by atoms with van der Waals surface area (Å²) in [5, 5.41) is 11.5. The van der Waals surface area contributed by atoms with Gasteiger partial charge in [-0.2, -0.15) is 5.26 Å². The predicted octanol–water partition coefficient (Wildman–Crippen LogP) is 4.54. The fourth-order valence-corrected chi connectivity index (χ4v) is 3.78. The molecule has 0 aliphatic rings. The Balaban J connectivity index is 1.97. The summed E-state index contributed by atoms with van der Waals surface area (Å²) >= 11 is 0. The van der Waals surface area contributed by atoms with Crippen molar-refractivity contribution < 1.29 is 4.74 Å². The number of methoxy groups -OCH3 is 1. The SMILES string of the molecule is COc1ccc(-c2[nH]c3ccc(C#N)cc3c2CCCCN)c2cccnc12. The normalized spacial score (nSPS) is 11.0. The van der Waals surface area contributed by atoms with Crippen LogP contribution in [-0.4, -0.2) is 23.6 Å². The molecule has 28 heavy (non-hydrogen) atoms. The summed E-state index contributed by atoms with van der Waals surface area (Å²) in [5.74, 6) is 0.756. The van der Waals surface area contributed by atoms with Gasteiger partial charge < -0.3 is 15.5 Å². The molecule has 2 aromatic heterocycles. The van der Waals surface area contributed by atoms with Crippen LogP contribution in [0.15, 0.2) is 48.7 Å². The summed E-state index contributed by atoms with van der Waals surface area (Å²) in [5.41, 5.74) is 11.6. The summed E-state index contributed by atoms with van der Waals surface area (Å²) in [4.78, 5) is 8.11. The van der Waals surface area contributed by atoms with Crippen LogP contribution in [0.25, 0.3) is 33.1 Å². The number of pyridine rings is 1. The van der Waals surface area contributed by atoms with Gasteiger partial charge in [-0.05, 0) is 67.8 Å². The maximum absolute atomic E-state index is 9.33. The molecule has 0 aliphatic heterocycles. The number of unbranched alkanes of at least 4 members (excludes halogenated alkanes) is 1. The first-order valence-electron chi connectivity index (χ1n) is 9.43. The van der Waals surface area contributed by atoms with E-state index in [2.05, 4.69) is 28.2 Å². The van der Waals surface area contributed by atoms with Gasteiger partial charge in [-0.1, -0.05) is 6.07 Å². The Labute approximate surface area is 163 Å². The summed E-state index contributed by atoms with van der Waals surface area (Å²) in [7, 11) is 1.66. The lowest BCUT2D eigenvalue weighted by molar-refractivity contribution is 0.419. The van der Waals surface area contributed by atoms with Crippen molar-refractivity contribution in [2.75, 3.05) is 13.7 Å². The number of hydrogen-bond donors (Lipinski definition) is 2. The standard InChI is InChI=1S/C23H22N4O/c1-28-21-10-8-18(16-6-4-12-26-23(16)21)22-17(5-2-3-11-24)19-13-15(14-25)7-9-20(19)27-22/h4,6-10,12-13,27H,2-3,5,11,24H2,1H3. The van der Waals surface area contributed by atoms with Crippen molar-refractivity contribution in [2.45, 2.75) is 19.3 Å². The van der Waals surface area contributed by atoms with Crippen LogP contribution >= 0.6 is 0 Å². The number of H-pyrrole nitrogens is 1. The second-order valence-electron chi connectivity index (χ2n) is 6.81. The number of rotatable bonds is 6. The van der Waals surface area contributed by atoms with E-state index in [1.165, 1.54) is 5.56 Å². The Hall–Kier alpha value is -3.36.